The van der Waals surface area contributed by atoms with E-state index in [4.69, 9.17) is 4.74 Å². The van der Waals surface area contributed by atoms with Crippen molar-refractivity contribution in [2.75, 3.05) is 6.61 Å². The summed E-state index contributed by atoms with van der Waals surface area (Å²) in [6.45, 7) is 3.82. The molecule has 78 valence electrons. The van der Waals surface area contributed by atoms with Crippen LogP contribution in [0.25, 0.3) is 0 Å². The van der Waals surface area contributed by atoms with Crippen LogP contribution < -0.4 is 5.32 Å². The van der Waals surface area contributed by atoms with Crippen molar-refractivity contribution in [3.63, 3.8) is 0 Å². The van der Waals surface area contributed by atoms with Crippen LogP contribution in [0.15, 0.2) is 5.38 Å². The molecule has 0 radical (unpaired) electrons. The highest BCUT2D eigenvalue weighted by Gasteiger charge is 2.18. The number of rotatable bonds is 3. The van der Waals surface area contributed by atoms with E-state index < -0.39 is 0 Å². The van der Waals surface area contributed by atoms with Gasteiger partial charge < -0.3 is 10.1 Å². The third kappa shape index (κ3) is 2.73. The highest BCUT2D eigenvalue weighted by atomic mass is 32.1. The van der Waals surface area contributed by atoms with Gasteiger partial charge >= 0.3 is 0 Å². The number of hydrogen-bond acceptors (Lipinski definition) is 5. The quantitative estimate of drug-likeness (QED) is 0.819. The minimum atomic E-state index is 0.384. The summed E-state index contributed by atoms with van der Waals surface area (Å²) >= 11 is 1.40. The maximum atomic E-state index is 5.48. The first-order valence-electron chi connectivity index (χ1n) is 4.95. The molecule has 2 heterocycles. The van der Waals surface area contributed by atoms with Crippen LogP contribution >= 0.6 is 11.5 Å². The van der Waals surface area contributed by atoms with Crippen LogP contribution in [0, 0.1) is 0 Å². The van der Waals surface area contributed by atoms with E-state index in [1.807, 2.05) is 5.38 Å². The van der Waals surface area contributed by atoms with E-state index in [9.17, 15) is 0 Å². The Hall–Kier alpha value is -0.520. The zero-order chi connectivity index (χ0) is 9.80. The molecule has 4 nitrogen and oxygen atoms in total. The van der Waals surface area contributed by atoms with Gasteiger partial charge in [0.25, 0.3) is 0 Å². The number of hydrogen-bond donors (Lipinski definition) is 1. The zero-order valence-electron chi connectivity index (χ0n) is 8.27. The Morgan fingerprint density at radius 1 is 1.71 bits per heavy atom. The maximum absolute atomic E-state index is 5.48. The summed E-state index contributed by atoms with van der Waals surface area (Å²) in [5.41, 5.74) is 1.04. The van der Waals surface area contributed by atoms with Gasteiger partial charge in [-0.25, -0.2) is 0 Å². The molecular weight excluding hydrogens is 198 g/mol. The molecule has 2 atom stereocenters. The molecule has 0 saturated carbocycles. The van der Waals surface area contributed by atoms with Gasteiger partial charge in [-0.3, -0.25) is 0 Å². The molecule has 1 saturated heterocycles. The van der Waals surface area contributed by atoms with Gasteiger partial charge in [0.15, 0.2) is 0 Å². The van der Waals surface area contributed by atoms with Gasteiger partial charge in [0.05, 0.1) is 11.8 Å². The lowest BCUT2D eigenvalue weighted by Gasteiger charge is -2.27. The number of aromatic nitrogens is 2. The van der Waals surface area contributed by atoms with Crippen molar-refractivity contribution in [2.45, 2.75) is 38.5 Å². The molecule has 1 aliphatic rings. The number of nitrogens with one attached hydrogen (secondary N) is 1. The van der Waals surface area contributed by atoms with E-state index in [-0.39, 0.29) is 0 Å². The Morgan fingerprint density at radius 2 is 2.64 bits per heavy atom. The van der Waals surface area contributed by atoms with Crippen LogP contribution in [0.4, 0.5) is 0 Å². The van der Waals surface area contributed by atoms with E-state index in [1.165, 1.54) is 11.5 Å². The first-order valence-corrected chi connectivity index (χ1v) is 5.79. The average Bonchev–Trinajstić information content (AvgIpc) is 2.67. The highest BCUT2D eigenvalue weighted by molar-refractivity contribution is 7.03. The van der Waals surface area contributed by atoms with Crippen molar-refractivity contribution in [1.82, 2.24) is 14.9 Å². The van der Waals surface area contributed by atoms with Crippen LogP contribution in [0.1, 0.15) is 25.5 Å². The fraction of sp³-hybridized carbons (Fsp3) is 0.778. The molecule has 0 aromatic carbocycles. The van der Waals surface area contributed by atoms with Crippen LogP contribution in [-0.4, -0.2) is 28.3 Å². The second-order valence-electron chi connectivity index (χ2n) is 3.68. The summed E-state index contributed by atoms with van der Waals surface area (Å²) in [7, 11) is 0. The first-order chi connectivity index (χ1) is 6.84. The fourth-order valence-electron chi connectivity index (χ4n) is 1.69. The molecule has 5 heteroatoms. The first kappa shape index (κ1) is 10.0. The molecular formula is C9H15N3OS. The molecule has 0 amide bonds. The van der Waals surface area contributed by atoms with E-state index in [0.717, 1.165) is 31.7 Å². The molecule has 0 bridgehead atoms. The normalized spacial score (nSPS) is 27.8. The van der Waals surface area contributed by atoms with E-state index in [0.29, 0.717) is 12.1 Å². The van der Waals surface area contributed by atoms with Gasteiger partial charge in [-0.1, -0.05) is 4.49 Å². The van der Waals surface area contributed by atoms with Crippen molar-refractivity contribution in [3.05, 3.63) is 11.1 Å². The average molecular weight is 213 g/mol. The Kier molecular flexibility index (Phi) is 3.44. The predicted octanol–water partition coefficient (Wildman–Crippen LogP) is 1.20. The van der Waals surface area contributed by atoms with E-state index >= 15 is 0 Å². The molecule has 2 rings (SSSR count). The monoisotopic (exact) mass is 213 g/mol. The van der Waals surface area contributed by atoms with Crippen LogP contribution in [0.2, 0.25) is 0 Å². The standard InChI is InChI=1S/C9H15N3OS/c1-7-4-8(2-3-13-7)10-5-9-6-14-12-11-9/h6-8,10H,2-5H2,1H3. The lowest BCUT2D eigenvalue weighted by Crippen LogP contribution is -2.37. The van der Waals surface area contributed by atoms with Crippen molar-refractivity contribution in [3.8, 4) is 0 Å². The molecule has 1 aromatic heterocycles. The van der Waals surface area contributed by atoms with Gasteiger partial charge in [-0.15, -0.1) is 5.10 Å². The summed E-state index contributed by atoms with van der Waals surface area (Å²) in [4.78, 5) is 0. The smallest absolute Gasteiger partial charge is 0.0893 e. The molecule has 2 unspecified atom stereocenters. The van der Waals surface area contributed by atoms with Gasteiger partial charge in [0.2, 0.25) is 0 Å². The largest absolute Gasteiger partial charge is 0.378 e. The summed E-state index contributed by atoms with van der Waals surface area (Å²) in [6.07, 6.45) is 2.58. The minimum absolute atomic E-state index is 0.384. The third-order valence-electron chi connectivity index (χ3n) is 2.46. The topological polar surface area (TPSA) is 47.0 Å². The lowest BCUT2D eigenvalue weighted by molar-refractivity contribution is 0.0130. The van der Waals surface area contributed by atoms with E-state index in [1.54, 1.807) is 0 Å². The van der Waals surface area contributed by atoms with Crippen molar-refractivity contribution in [2.24, 2.45) is 0 Å². The van der Waals surface area contributed by atoms with Crippen molar-refractivity contribution in [1.29, 1.82) is 0 Å². The van der Waals surface area contributed by atoms with E-state index in [2.05, 4.69) is 21.8 Å². The molecule has 1 aliphatic heterocycles. The molecule has 1 fully saturated rings. The van der Waals surface area contributed by atoms with Crippen LogP contribution in [-0.2, 0) is 11.3 Å². The zero-order valence-corrected chi connectivity index (χ0v) is 9.09. The predicted molar refractivity (Wildman–Crippen MR) is 55.2 cm³/mol. The third-order valence-corrected chi connectivity index (χ3v) is 3.02. The van der Waals surface area contributed by atoms with Gasteiger partial charge in [-0.2, -0.15) is 0 Å². The van der Waals surface area contributed by atoms with Crippen LogP contribution in [0.3, 0.4) is 0 Å². The SMILES string of the molecule is CC1CC(NCc2csnn2)CCO1. The van der Waals surface area contributed by atoms with Gasteiger partial charge in [0.1, 0.15) is 0 Å². The molecule has 0 spiro atoms. The second kappa shape index (κ2) is 4.82. The van der Waals surface area contributed by atoms with Gasteiger partial charge in [-0.05, 0) is 31.3 Å². The van der Waals surface area contributed by atoms with Gasteiger partial charge in [0, 0.05) is 24.6 Å². The Morgan fingerprint density at radius 3 is 3.36 bits per heavy atom. The minimum Gasteiger partial charge on any atom is -0.378 e. The molecule has 1 aromatic rings. The Bertz CT molecular complexity index is 265. The highest BCUT2D eigenvalue weighted by Crippen LogP contribution is 2.13. The lowest BCUT2D eigenvalue weighted by atomic mass is 10.0. The molecule has 0 aliphatic carbocycles. The summed E-state index contributed by atoms with van der Waals surface area (Å²) in [6, 6.07) is 0.570. The number of nitrogens with zero attached hydrogens (tertiary/aromatic N) is 2. The van der Waals surface area contributed by atoms with Crippen molar-refractivity contribution < 1.29 is 4.74 Å². The Balaban J connectivity index is 1.75. The summed E-state index contributed by atoms with van der Waals surface area (Å²) < 4.78 is 9.31. The van der Waals surface area contributed by atoms with Crippen molar-refractivity contribution >= 4 is 11.5 Å². The Labute approximate surface area is 87.8 Å². The summed E-state index contributed by atoms with van der Waals surface area (Å²) in [5.74, 6) is 0. The summed E-state index contributed by atoms with van der Waals surface area (Å²) in [5, 5.41) is 9.45. The molecule has 1 N–H and O–H groups in total. The van der Waals surface area contributed by atoms with Crippen LogP contribution in [0.5, 0.6) is 0 Å². The maximum Gasteiger partial charge on any atom is 0.0893 e. The second-order valence-corrected chi connectivity index (χ2v) is 4.29. The molecule has 14 heavy (non-hydrogen) atoms. The fourth-order valence-corrected chi connectivity index (χ4v) is 2.14. The number of ether oxygens (including phenoxy) is 1.